The van der Waals surface area contributed by atoms with Crippen molar-refractivity contribution in [2.24, 2.45) is 5.92 Å². The van der Waals surface area contributed by atoms with E-state index in [9.17, 15) is 9.59 Å². The highest BCUT2D eigenvalue weighted by molar-refractivity contribution is 6.36. The lowest BCUT2D eigenvalue weighted by atomic mass is 10.0. The molecule has 0 spiro atoms. The van der Waals surface area contributed by atoms with Gasteiger partial charge in [-0.25, -0.2) is 0 Å². The molecule has 3 heteroatoms. The van der Waals surface area contributed by atoms with Gasteiger partial charge in [0.1, 0.15) is 0 Å². The fourth-order valence-corrected chi connectivity index (χ4v) is 3.08. The summed E-state index contributed by atoms with van der Waals surface area (Å²) in [5, 5.41) is 0. The smallest absolute Gasteiger partial charge is 0.290 e. The van der Waals surface area contributed by atoms with Gasteiger partial charge in [0.05, 0.1) is 0 Å². The van der Waals surface area contributed by atoms with Gasteiger partial charge in [0.15, 0.2) is 0 Å². The molecule has 17 heavy (non-hydrogen) atoms. The van der Waals surface area contributed by atoms with Crippen LogP contribution in [0.3, 0.4) is 0 Å². The van der Waals surface area contributed by atoms with Crippen LogP contribution in [0.15, 0.2) is 0 Å². The highest BCUT2D eigenvalue weighted by Crippen LogP contribution is 2.27. The van der Waals surface area contributed by atoms with Crippen LogP contribution in [0.2, 0.25) is 0 Å². The Balaban J connectivity index is 1.99. The van der Waals surface area contributed by atoms with Crippen LogP contribution in [0.1, 0.15) is 58.3 Å². The zero-order valence-electron chi connectivity index (χ0n) is 10.8. The normalized spacial score (nSPS) is 26.9. The maximum Gasteiger partial charge on any atom is 0.290 e. The Bertz CT molecular complexity index is 295. The third-order valence-corrected chi connectivity index (χ3v) is 4.25. The minimum atomic E-state index is -0.202. The minimum absolute atomic E-state index is 0.0259. The van der Waals surface area contributed by atoms with E-state index in [0.717, 1.165) is 45.1 Å². The largest absolute Gasteiger partial charge is 0.333 e. The molecule has 2 rings (SSSR count). The van der Waals surface area contributed by atoms with E-state index in [1.165, 1.54) is 12.8 Å². The summed E-state index contributed by atoms with van der Waals surface area (Å²) in [4.78, 5) is 26.2. The van der Waals surface area contributed by atoms with E-state index in [-0.39, 0.29) is 23.7 Å². The first-order valence-corrected chi connectivity index (χ1v) is 7.05. The number of carbonyl (C=O) groups is 2. The van der Waals surface area contributed by atoms with Crippen molar-refractivity contribution in [3.63, 3.8) is 0 Å². The van der Waals surface area contributed by atoms with Gasteiger partial charge in [0, 0.05) is 18.5 Å². The third kappa shape index (κ3) is 2.88. The minimum Gasteiger partial charge on any atom is -0.333 e. The molecule has 1 aliphatic heterocycles. The summed E-state index contributed by atoms with van der Waals surface area (Å²) in [6.45, 7) is 2.85. The number of Topliss-reactive ketones (excluding diaryl/α,β-unsaturated/α-hetero) is 1. The van der Waals surface area contributed by atoms with E-state index in [0.29, 0.717) is 0 Å². The predicted octanol–water partition coefficient (Wildman–Crippen LogP) is 2.54. The molecule has 1 saturated heterocycles. The van der Waals surface area contributed by atoms with Gasteiger partial charge in [-0.2, -0.15) is 0 Å². The fourth-order valence-electron chi connectivity index (χ4n) is 3.08. The van der Waals surface area contributed by atoms with E-state index in [4.69, 9.17) is 0 Å². The lowest BCUT2D eigenvalue weighted by Crippen LogP contribution is -2.44. The van der Waals surface area contributed by atoms with Crippen LogP contribution in [-0.4, -0.2) is 29.2 Å². The summed E-state index contributed by atoms with van der Waals surface area (Å²) >= 11 is 0. The van der Waals surface area contributed by atoms with Crippen molar-refractivity contribution in [3.05, 3.63) is 0 Å². The summed E-state index contributed by atoms with van der Waals surface area (Å²) in [5.41, 5.74) is 0. The van der Waals surface area contributed by atoms with Crippen LogP contribution in [0.25, 0.3) is 0 Å². The average molecular weight is 237 g/mol. The maximum atomic E-state index is 12.2. The molecule has 3 nitrogen and oxygen atoms in total. The molecule has 0 bridgehead atoms. The molecule has 1 saturated carbocycles. The Labute approximate surface area is 104 Å². The summed E-state index contributed by atoms with van der Waals surface area (Å²) < 4.78 is 0. The van der Waals surface area contributed by atoms with Crippen LogP contribution in [-0.2, 0) is 9.59 Å². The number of ketones is 1. The van der Waals surface area contributed by atoms with Gasteiger partial charge in [-0.05, 0) is 32.6 Å². The van der Waals surface area contributed by atoms with E-state index in [1.807, 2.05) is 4.90 Å². The van der Waals surface area contributed by atoms with Crippen molar-refractivity contribution in [3.8, 4) is 0 Å². The van der Waals surface area contributed by atoms with E-state index in [1.54, 1.807) is 0 Å². The first-order chi connectivity index (χ1) is 8.20. The Morgan fingerprint density at radius 2 is 1.59 bits per heavy atom. The van der Waals surface area contributed by atoms with Crippen molar-refractivity contribution < 1.29 is 9.59 Å². The van der Waals surface area contributed by atoms with Crippen molar-refractivity contribution in [1.82, 2.24) is 4.90 Å². The molecule has 0 N–H and O–H groups in total. The van der Waals surface area contributed by atoms with Gasteiger partial charge in [-0.15, -0.1) is 0 Å². The Morgan fingerprint density at radius 1 is 0.941 bits per heavy atom. The Hall–Kier alpha value is -0.860. The van der Waals surface area contributed by atoms with Gasteiger partial charge < -0.3 is 4.90 Å². The number of rotatable bonds is 2. The Morgan fingerprint density at radius 3 is 2.29 bits per heavy atom. The first-order valence-electron chi connectivity index (χ1n) is 7.05. The summed E-state index contributed by atoms with van der Waals surface area (Å²) in [7, 11) is 0. The van der Waals surface area contributed by atoms with E-state index < -0.39 is 0 Å². The lowest BCUT2D eigenvalue weighted by molar-refractivity contribution is -0.148. The molecule has 0 radical (unpaired) electrons. The number of nitrogens with zero attached hydrogens (tertiary/aromatic N) is 1. The topological polar surface area (TPSA) is 37.4 Å². The number of amides is 1. The van der Waals surface area contributed by atoms with Crippen LogP contribution in [0.5, 0.6) is 0 Å². The molecule has 1 unspecified atom stereocenters. The van der Waals surface area contributed by atoms with Crippen molar-refractivity contribution in [2.75, 3.05) is 6.54 Å². The van der Waals surface area contributed by atoms with Gasteiger partial charge in [-0.1, -0.05) is 25.7 Å². The molecule has 96 valence electrons. The molecule has 2 fully saturated rings. The maximum absolute atomic E-state index is 12.2. The number of hydrogen-bond acceptors (Lipinski definition) is 2. The van der Waals surface area contributed by atoms with Gasteiger partial charge in [0.2, 0.25) is 5.78 Å². The molecule has 0 aromatic rings. The molecule has 2 aliphatic rings. The highest BCUT2D eigenvalue weighted by Gasteiger charge is 2.33. The van der Waals surface area contributed by atoms with E-state index >= 15 is 0 Å². The zero-order valence-corrected chi connectivity index (χ0v) is 10.8. The third-order valence-electron chi connectivity index (χ3n) is 4.25. The zero-order chi connectivity index (χ0) is 12.3. The molecular weight excluding hydrogens is 214 g/mol. The van der Waals surface area contributed by atoms with Crippen molar-refractivity contribution in [1.29, 1.82) is 0 Å². The summed E-state index contributed by atoms with van der Waals surface area (Å²) in [6, 6.07) is 0.246. The second-order valence-electron chi connectivity index (χ2n) is 5.54. The standard InChI is InChI=1S/C14H23NO2/c1-11-7-3-2-6-10-15(11)14(17)13(16)12-8-4-5-9-12/h11-12H,2-10H2,1H3. The first kappa shape index (κ1) is 12.6. The van der Waals surface area contributed by atoms with Crippen molar-refractivity contribution >= 4 is 11.7 Å². The quantitative estimate of drug-likeness (QED) is 0.692. The molecule has 0 aromatic heterocycles. The molecular formula is C14H23NO2. The molecule has 1 aliphatic carbocycles. The number of hydrogen-bond donors (Lipinski definition) is 0. The summed E-state index contributed by atoms with van der Waals surface area (Å²) in [6.07, 6.45) is 8.53. The Kier molecular flexibility index (Phi) is 4.19. The average Bonchev–Trinajstić information content (AvgIpc) is 2.77. The second kappa shape index (κ2) is 5.65. The molecule has 1 atom stereocenters. The van der Waals surface area contributed by atoms with Gasteiger partial charge in [0.25, 0.3) is 5.91 Å². The second-order valence-corrected chi connectivity index (χ2v) is 5.54. The fraction of sp³-hybridized carbons (Fsp3) is 0.857. The number of carbonyl (C=O) groups excluding carboxylic acids is 2. The van der Waals surface area contributed by atoms with Crippen LogP contribution >= 0.6 is 0 Å². The summed E-state index contributed by atoms with van der Waals surface area (Å²) in [5.74, 6) is -0.291. The van der Waals surface area contributed by atoms with Crippen LogP contribution < -0.4 is 0 Å². The highest BCUT2D eigenvalue weighted by atomic mass is 16.2. The molecule has 0 aromatic carbocycles. The van der Waals surface area contributed by atoms with Crippen molar-refractivity contribution in [2.45, 2.75) is 64.3 Å². The molecule has 1 heterocycles. The monoisotopic (exact) mass is 237 g/mol. The molecule has 1 amide bonds. The van der Waals surface area contributed by atoms with Crippen LogP contribution in [0.4, 0.5) is 0 Å². The van der Waals surface area contributed by atoms with Gasteiger partial charge >= 0.3 is 0 Å². The van der Waals surface area contributed by atoms with Gasteiger partial charge in [-0.3, -0.25) is 9.59 Å². The predicted molar refractivity (Wildman–Crippen MR) is 66.6 cm³/mol. The van der Waals surface area contributed by atoms with E-state index in [2.05, 4.69) is 6.92 Å². The lowest BCUT2D eigenvalue weighted by Gasteiger charge is -2.27. The van der Waals surface area contributed by atoms with Crippen LogP contribution in [0, 0.1) is 5.92 Å². The SMILES string of the molecule is CC1CCCCCN1C(=O)C(=O)C1CCCC1. The number of likely N-dealkylation sites (tertiary alicyclic amines) is 1.